The zero-order valence-corrected chi connectivity index (χ0v) is 37.8. The van der Waals surface area contributed by atoms with Gasteiger partial charge >= 0.3 is 0 Å². The smallest absolute Gasteiger partial charge is 0.247 e. The van der Waals surface area contributed by atoms with Crippen molar-refractivity contribution in [3.63, 3.8) is 0 Å². The number of ketones is 1. The molecule has 4 aromatic rings. The number of benzene rings is 4. The molecule has 2 N–H and O–H groups in total. The number of carbonyl (C=O) groups excluding carboxylic acids is 6. The number of hydrogen-bond donors (Lipinski definition) is 2. The molecule has 330 valence electrons. The van der Waals surface area contributed by atoms with E-state index in [1.54, 1.807) is 93.3 Å². The Balaban J connectivity index is 1.39. The molecule has 5 amide bonds. The van der Waals surface area contributed by atoms with Crippen LogP contribution in [0.1, 0.15) is 109 Å². The van der Waals surface area contributed by atoms with Crippen molar-refractivity contribution in [1.82, 2.24) is 9.80 Å². The zero-order valence-electron chi connectivity index (χ0n) is 37.8. The molecule has 0 saturated carbocycles. The fourth-order valence-corrected chi connectivity index (χ4v) is 6.76. The standard InChI is InChI=1S/C52H61N5O6/c1-9-31-56(51(62)45(33-47(58)35(3)4)41-17-13-11-14-18-41)37(7)49(60)54-43-27-23-39(24-28-43)21-22-40-25-29-44(30-26-40)55-50(61)38(8)57(32-10-2)52(63)46(34-53-48(59)36(5)6)42-19-15-12-16-20-42/h11-20,23-30,34-38,45-46H,9-10,31-33H2,1-8H3,(H,54,60)(H,55,61). The van der Waals surface area contributed by atoms with Crippen molar-refractivity contribution in [2.24, 2.45) is 16.8 Å². The first kappa shape index (κ1) is 49.0. The molecule has 0 aliphatic heterocycles. The zero-order chi connectivity index (χ0) is 46.1. The van der Waals surface area contributed by atoms with Crippen LogP contribution < -0.4 is 10.6 Å². The summed E-state index contributed by atoms with van der Waals surface area (Å²) >= 11 is 0. The third kappa shape index (κ3) is 14.2. The van der Waals surface area contributed by atoms with E-state index in [4.69, 9.17) is 0 Å². The highest BCUT2D eigenvalue weighted by Crippen LogP contribution is 2.26. The Bertz CT molecular complexity index is 2260. The first-order valence-electron chi connectivity index (χ1n) is 21.8. The van der Waals surface area contributed by atoms with Crippen molar-refractivity contribution in [2.45, 2.75) is 98.6 Å². The minimum absolute atomic E-state index is 0.0103. The third-order valence-corrected chi connectivity index (χ3v) is 10.7. The average molecular weight is 852 g/mol. The minimum atomic E-state index is -0.835. The number of hydrogen-bond acceptors (Lipinski definition) is 6. The lowest BCUT2D eigenvalue weighted by Crippen LogP contribution is -2.48. The van der Waals surface area contributed by atoms with Gasteiger partial charge in [0, 0.05) is 60.1 Å². The molecule has 4 atom stereocenters. The van der Waals surface area contributed by atoms with Crippen molar-refractivity contribution < 1.29 is 28.8 Å². The molecule has 0 aliphatic rings. The molecule has 4 rings (SSSR count). The van der Waals surface area contributed by atoms with Crippen molar-refractivity contribution >= 4 is 52.9 Å². The van der Waals surface area contributed by atoms with E-state index in [-0.39, 0.29) is 53.6 Å². The van der Waals surface area contributed by atoms with Crippen LogP contribution in [-0.2, 0) is 28.8 Å². The minimum Gasteiger partial charge on any atom is -0.330 e. The molecular weight excluding hydrogens is 791 g/mol. The van der Waals surface area contributed by atoms with Gasteiger partial charge in [-0.2, -0.15) is 0 Å². The Labute approximate surface area is 372 Å². The van der Waals surface area contributed by atoms with Gasteiger partial charge in [-0.3, -0.25) is 28.8 Å². The number of amides is 5. The number of aliphatic imine (C=N–C) groups is 1. The molecule has 0 fully saturated rings. The van der Waals surface area contributed by atoms with E-state index in [0.29, 0.717) is 54.0 Å². The average Bonchev–Trinajstić information content (AvgIpc) is 3.29. The lowest BCUT2D eigenvalue weighted by atomic mass is 9.89. The van der Waals surface area contributed by atoms with E-state index in [1.165, 1.54) is 11.1 Å². The monoisotopic (exact) mass is 851 g/mol. The molecule has 0 spiro atoms. The maximum Gasteiger partial charge on any atom is 0.247 e. The highest BCUT2D eigenvalue weighted by Gasteiger charge is 2.34. The van der Waals surface area contributed by atoms with Gasteiger partial charge in [0.05, 0.1) is 11.8 Å². The van der Waals surface area contributed by atoms with Crippen LogP contribution >= 0.6 is 0 Å². The summed E-state index contributed by atoms with van der Waals surface area (Å²) in [5.74, 6) is 2.58. The molecule has 0 radical (unpaired) electrons. The van der Waals surface area contributed by atoms with Crippen molar-refractivity contribution in [3.8, 4) is 11.8 Å². The van der Waals surface area contributed by atoms with E-state index >= 15 is 0 Å². The van der Waals surface area contributed by atoms with Gasteiger partial charge in [-0.25, -0.2) is 4.99 Å². The number of Topliss-reactive ketones (excluding diaryl/α,β-unsaturated/α-hetero) is 1. The Morgan fingerprint density at radius 2 is 1.00 bits per heavy atom. The maximum atomic E-state index is 14.0. The van der Waals surface area contributed by atoms with E-state index in [2.05, 4.69) is 27.5 Å². The van der Waals surface area contributed by atoms with Crippen LogP contribution in [-0.4, -0.2) is 76.5 Å². The first-order valence-corrected chi connectivity index (χ1v) is 21.8. The molecule has 11 nitrogen and oxygen atoms in total. The van der Waals surface area contributed by atoms with Crippen LogP contribution in [0.25, 0.3) is 0 Å². The second-order valence-electron chi connectivity index (χ2n) is 16.2. The van der Waals surface area contributed by atoms with Gasteiger partial charge in [0.15, 0.2) is 0 Å². The Morgan fingerprint density at radius 3 is 1.41 bits per heavy atom. The SMILES string of the molecule is CCCN(C(=O)C(C=NC(=O)C(C)C)c1ccccc1)C(C)C(=O)Nc1ccc(C#Cc2ccc(NC(=O)C(C)N(CCC)C(=O)C(CC(=O)C(C)C)c3ccccc3)cc2)cc1. The van der Waals surface area contributed by atoms with Crippen LogP contribution in [0.4, 0.5) is 11.4 Å². The van der Waals surface area contributed by atoms with Gasteiger partial charge in [0.1, 0.15) is 17.9 Å². The van der Waals surface area contributed by atoms with Gasteiger partial charge in [-0.15, -0.1) is 0 Å². The molecule has 0 aliphatic carbocycles. The fourth-order valence-electron chi connectivity index (χ4n) is 6.76. The molecule has 0 bridgehead atoms. The van der Waals surface area contributed by atoms with E-state index in [1.807, 2.05) is 76.2 Å². The predicted octanol–water partition coefficient (Wildman–Crippen LogP) is 8.65. The lowest BCUT2D eigenvalue weighted by molar-refractivity contribution is -0.140. The van der Waals surface area contributed by atoms with E-state index in [9.17, 15) is 28.8 Å². The van der Waals surface area contributed by atoms with Crippen molar-refractivity contribution in [2.75, 3.05) is 23.7 Å². The highest BCUT2D eigenvalue weighted by molar-refractivity contribution is 6.05. The number of nitrogens with one attached hydrogen (secondary N) is 2. The molecule has 0 heterocycles. The van der Waals surface area contributed by atoms with Crippen LogP contribution in [0.3, 0.4) is 0 Å². The van der Waals surface area contributed by atoms with Gasteiger partial charge in [-0.05, 0) is 86.3 Å². The summed E-state index contributed by atoms with van der Waals surface area (Å²) in [6, 6.07) is 30.9. The number of rotatable bonds is 19. The Hall–Kier alpha value is -6.67. The largest absolute Gasteiger partial charge is 0.330 e. The molecular formula is C52H61N5O6. The van der Waals surface area contributed by atoms with Crippen LogP contribution in [0.2, 0.25) is 0 Å². The summed E-state index contributed by atoms with van der Waals surface area (Å²) in [6.45, 7) is 15.1. The lowest BCUT2D eigenvalue weighted by Gasteiger charge is -2.32. The second-order valence-corrected chi connectivity index (χ2v) is 16.2. The van der Waals surface area contributed by atoms with E-state index < -0.39 is 23.9 Å². The van der Waals surface area contributed by atoms with E-state index in [0.717, 1.165) is 5.56 Å². The van der Waals surface area contributed by atoms with Gasteiger partial charge in [0.2, 0.25) is 29.5 Å². The molecule has 11 heteroatoms. The van der Waals surface area contributed by atoms with Crippen molar-refractivity contribution in [1.29, 1.82) is 0 Å². The van der Waals surface area contributed by atoms with Crippen LogP contribution in [0, 0.1) is 23.7 Å². The molecule has 63 heavy (non-hydrogen) atoms. The quantitative estimate of drug-likeness (QED) is 0.0714. The Kier molecular flexibility index (Phi) is 18.7. The first-order chi connectivity index (χ1) is 30.1. The summed E-state index contributed by atoms with van der Waals surface area (Å²) in [5.41, 5.74) is 3.93. The molecule has 4 aromatic carbocycles. The van der Waals surface area contributed by atoms with Gasteiger partial charge in [-0.1, -0.05) is 114 Å². The summed E-state index contributed by atoms with van der Waals surface area (Å²) in [6.07, 6.45) is 2.72. The molecule has 0 saturated heterocycles. The van der Waals surface area contributed by atoms with Crippen LogP contribution in [0.15, 0.2) is 114 Å². The summed E-state index contributed by atoms with van der Waals surface area (Å²) in [5, 5.41) is 5.84. The normalized spacial score (nSPS) is 13.0. The Morgan fingerprint density at radius 1 is 0.571 bits per heavy atom. The predicted molar refractivity (Wildman–Crippen MR) is 250 cm³/mol. The summed E-state index contributed by atoms with van der Waals surface area (Å²) in [7, 11) is 0. The second kappa shape index (κ2) is 24.1. The summed E-state index contributed by atoms with van der Waals surface area (Å²) in [4.78, 5) is 87.4. The molecule has 0 aromatic heterocycles. The van der Waals surface area contributed by atoms with Gasteiger partial charge < -0.3 is 20.4 Å². The van der Waals surface area contributed by atoms with Crippen molar-refractivity contribution in [3.05, 3.63) is 131 Å². The number of carbonyl (C=O) groups is 6. The molecule has 4 unspecified atom stereocenters. The number of anilines is 2. The topological polar surface area (TPSA) is 145 Å². The summed E-state index contributed by atoms with van der Waals surface area (Å²) < 4.78 is 0. The van der Waals surface area contributed by atoms with Gasteiger partial charge in [0.25, 0.3) is 0 Å². The van der Waals surface area contributed by atoms with Crippen LogP contribution in [0.5, 0.6) is 0 Å². The third-order valence-electron chi connectivity index (χ3n) is 10.7. The highest BCUT2D eigenvalue weighted by atomic mass is 16.2. The number of nitrogens with zero attached hydrogens (tertiary/aromatic N) is 3. The maximum absolute atomic E-state index is 14.0. The fraction of sp³-hybridized carbons (Fsp3) is 0.365.